The van der Waals surface area contributed by atoms with Crippen LogP contribution < -0.4 is 16.2 Å². The molecule has 2 amide bonds. The van der Waals surface area contributed by atoms with Gasteiger partial charge in [-0.05, 0) is 55.0 Å². The molecular weight excluding hydrogens is 466 g/mol. The van der Waals surface area contributed by atoms with Crippen LogP contribution in [0.4, 0.5) is 10.6 Å². The number of anilines is 1. The minimum atomic E-state index is -0.301. The maximum absolute atomic E-state index is 13.4. The van der Waals surface area contributed by atoms with Gasteiger partial charge in [0.25, 0.3) is 5.56 Å². The molecule has 2 heterocycles. The molecule has 2 aromatic carbocycles. The van der Waals surface area contributed by atoms with Gasteiger partial charge in [-0.2, -0.15) is 5.10 Å². The number of carbonyl (C=O) groups excluding carboxylic acids is 1. The van der Waals surface area contributed by atoms with Crippen LogP contribution in [0.25, 0.3) is 16.9 Å². The highest BCUT2D eigenvalue weighted by Gasteiger charge is 2.34. The number of carbonyl (C=O) groups is 1. The van der Waals surface area contributed by atoms with Gasteiger partial charge in [-0.3, -0.25) is 10.1 Å². The normalized spacial score (nSPS) is 13.8. The van der Waals surface area contributed by atoms with Gasteiger partial charge in [0.2, 0.25) is 0 Å². The Morgan fingerprint density at radius 2 is 1.89 bits per heavy atom. The van der Waals surface area contributed by atoms with Crippen molar-refractivity contribution < 1.29 is 9.53 Å². The first-order valence-corrected chi connectivity index (χ1v) is 12.4. The molecule has 1 unspecified atom stereocenters. The number of benzene rings is 2. The van der Waals surface area contributed by atoms with Gasteiger partial charge < -0.3 is 14.6 Å². The number of amides is 2. The molecule has 2 N–H and O–H groups in total. The quantitative estimate of drug-likeness (QED) is 0.360. The molecule has 1 aliphatic carbocycles. The van der Waals surface area contributed by atoms with Crippen molar-refractivity contribution in [2.24, 2.45) is 13.0 Å². The Morgan fingerprint density at radius 1 is 1.11 bits per heavy atom. The van der Waals surface area contributed by atoms with Gasteiger partial charge in [0, 0.05) is 37.5 Å². The van der Waals surface area contributed by atoms with Crippen LogP contribution >= 0.6 is 0 Å². The second-order valence-corrected chi connectivity index (χ2v) is 9.53. The van der Waals surface area contributed by atoms with Crippen LogP contribution in [-0.4, -0.2) is 27.5 Å². The number of ether oxygens (including phenoxy) is 1. The van der Waals surface area contributed by atoms with Crippen LogP contribution in [0.15, 0.2) is 77.7 Å². The fourth-order valence-corrected chi connectivity index (χ4v) is 4.60. The SMILES string of the molecule is COCc1cccc(C(NC(=O)Nc2c(C)c(-c3ccn(C)c(=O)c3)nn2-c2ccccc2)C2CC2)c1. The molecule has 1 saturated carbocycles. The summed E-state index contributed by atoms with van der Waals surface area (Å²) < 4.78 is 8.52. The maximum Gasteiger partial charge on any atom is 0.320 e. The Balaban J connectivity index is 1.47. The highest BCUT2D eigenvalue weighted by molar-refractivity contribution is 5.91. The van der Waals surface area contributed by atoms with Gasteiger partial charge in [-0.25, -0.2) is 9.48 Å². The minimum absolute atomic E-state index is 0.0955. The molecule has 0 aliphatic heterocycles. The van der Waals surface area contributed by atoms with Crippen molar-refractivity contribution >= 4 is 11.8 Å². The third kappa shape index (κ3) is 5.34. The van der Waals surface area contributed by atoms with Gasteiger partial charge in [-0.1, -0.05) is 42.5 Å². The number of hydrogen-bond acceptors (Lipinski definition) is 4. The van der Waals surface area contributed by atoms with Crippen LogP contribution in [-0.2, 0) is 18.4 Å². The molecule has 1 aliphatic rings. The molecule has 0 saturated heterocycles. The summed E-state index contributed by atoms with van der Waals surface area (Å²) in [4.78, 5) is 25.7. The summed E-state index contributed by atoms with van der Waals surface area (Å²) in [5, 5.41) is 11.1. The van der Waals surface area contributed by atoms with Gasteiger partial charge in [-0.15, -0.1) is 0 Å². The third-order valence-corrected chi connectivity index (χ3v) is 6.73. The average Bonchev–Trinajstić information content (AvgIpc) is 3.70. The zero-order valence-electron chi connectivity index (χ0n) is 21.3. The molecule has 4 aromatic rings. The van der Waals surface area contributed by atoms with Crippen LogP contribution in [0.2, 0.25) is 0 Å². The first-order valence-electron chi connectivity index (χ1n) is 12.4. The van der Waals surface area contributed by atoms with Crippen molar-refractivity contribution in [2.45, 2.75) is 32.4 Å². The molecule has 1 fully saturated rings. The van der Waals surface area contributed by atoms with Crippen LogP contribution in [0.5, 0.6) is 0 Å². The van der Waals surface area contributed by atoms with E-state index in [-0.39, 0.29) is 17.6 Å². The summed E-state index contributed by atoms with van der Waals surface area (Å²) in [6.07, 6.45) is 3.87. The molecule has 0 radical (unpaired) electrons. The molecule has 37 heavy (non-hydrogen) atoms. The summed E-state index contributed by atoms with van der Waals surface area (Å²) in [5.74, 6) is 0.960. The maximum atomic E-state index is 13.4. The molecule has 5 rings (SSSR count). The lowest BCUT2D eigenvalue weighted by atomic mass is 10.0. The number of urea groups is 1. The molecule has 8 heteroatoms. The van der Waals surface area contributed by atoms with Crippen LogP contribution in [0.3, 0.4) is 0 Å². The van der Waals surface area contributed by atoms with Gasteiger partial charge >= 0.3 is 6.03 Å². The topological polar surface area (TPSA) is 90.2 Å². The van der Waals surface area contributed by atoms with Crippen LogP contribution in [0, 0.1) is 12.8 Å². The number of aryl methyl sites for hydroxylation is 1. The Labute approximate surface area is 215 Å². The first kappa shape index (κ1) is 24.5. The van der Waals surface area contributed by atoms with E-state index in [9.17, 15) is 9.59 Å². The van der Waals surface area contributed by atoms with E-state index < -0.39 is 0 Å². The van der Waals surface area contributed by atoms with Crippen molar-refractivity contribution in [1.29, 1.82) is 0 Å². The van der Waals surface area contributed by atoms with E-state index in [0.717, 1.165) is 35.2 Å². The van der Waals surface area contributed by atoms with Gasteiger partial charge in [0.1, 0.15) is 5.82 Å². The van der Waals surface area contributed by atoms with Crippen LogP contribution in [0.1, 0.15) is 35.6 Å². The minimum Gasteiger partial charge on any atom is -0.380 e. The highest BCUT2D eigenvalue weighted by Crippen LogP contribution is 2.41. The number of para-hydroxylation sites is 1. The van der Waals surface area contributed by atoms with Gasteiger partial charge in [0.15, 0.2) is 0 Å². The largest absolute Gasteiger partial charge is 0.380 e. The molecule has 1 atom stereocenters. The van der Waals surface area contributed by atoms with E-state index in [0.29, 0.717) is 29.6 Å². The van der Waals surface area contributed by atoms with E-state index in [1.54, 1.807) is 31.1 Å². The lowest BCUT2D eigenvalue weighted by Gasteiger charge is -2.20. The zero-order valence-corrected chi connectivity index (χ0v) is 21.3. The number of pyridine rings is 1. The molecule has 0 bridgehead atoms. The molecular formula is C29H31N5O3. The molecule has 8 nitrogen and oxygen atoms in total. The van der Waals surface area contributed by atoms with Crippen molar-refractivity contribution in [3.63, 3.8) is 0 Å². The van der Waals surface area contributed by atoms with E-state index in [1.165, 1.54) is 4.57 Å². The van der Waals surface area contributed by atoms with E-state index >= 15 is 0 Å². The van der Waals surface area contributed by atoms with E-state index in [1.807, 2.05) is 55.5 Å². The van der Waals surface area contributed by atoms with Crippen molar-refractivity contribution in [2.75, 3.05) is 12.4 Å². The summed E-state index contributed by atoms with van der Waals surface area (Å²) >= 11 is 0. The predicted octanol–water partition coefficient (Wildman–Crippen LogP) is 4.97. The Bertz CT molecular complexity index is 1470. The lowest BCUT2D eigenvalue weighted by molar-refractivity contribution is 0.185. The fourth-order valence-electron chi connectivity index (χ4n) is 4.60. The Hall–Kier alpha value is -4.17. The summed E-state index contributed by atoms with van der Waals surface area (Å²) in [6.45, 7) is 2.43. The summed E-state index contributed by atoms with van der Waals surface area (Å²) in [6, 6.07) is 20.8. The van der Waals surface area contributed by atoms with Crippen molar-refractivity contribution in [3.8, 4) is 16.9 Å². The number of aromatic nitrogens is 3. The fraction of sp³-hybridized carbons (Fsp3) is 0.276. The second-order valence-electron chi connectivity index (χ2n) is 9.53. The number of hydrogen-bond donors (Lipinski definition) is 2. The predicted molar refractivity (Wildman–Crippen MR) is 144 cm³/mol. The van der Waals surface area contributed by atoms with E-state index in [2.05, 4.69) is 22.8 Å². The van der Waals surface area contributed by atoms with E-state index in [4.69, 9.17) is 9.84 Å². The molecule has 2 aromatic heterocycles. The first-order chi connectivity index (χ1) is 17.9. The summed E-state index contributed by atoms with van der Waals surface area (Å²) in [5.41, 5.74) is 4.94. The smallest absolute Gasteiger partial charge is 0.320 e. The number of methoxy groups -OCH3 is 1. The van der Waals surface area contributed by atoms with Gasteiger partial charge in [0.05, 0.1) is 24.0 Å². The molecule has 0 spiro atoms. The Kier molecular flexibility index (Phi) is 6.92. The molecule has 190 valence electrons. The average molecular weight is 498 g/mol. The van der Waals surface area contributed by atoms with Crippen molar-refractivity contribution in [3.05, 3.63) is 100.0 Å². The zero-order chi connectivity index (χ0) is 25.9. The van der Waals surface area contributed by atoms with Crippen molar-refractivity contribution in [1.82, 2.24) is 19.7 Å². The monoisotopic (exact) mass is 497 g/mol. The number of nitrogens with one attached hydrogen (secondary N) is 2. The summed E-state index contributed by atoms with van der Waals surface area (Å²) in [7, 11) is 3.39. The third-order valence-electron chi connectivity index (χ3n) is 6.73. The lowest BCUT2D eigenvalue weighted by Crippen LogP contribution is -2.34. The highest BCUT2D eigenvalue weighted by atomic mass is 16.5. The Morgan fingerprint density at radius 3 is 2.59 bits per heavy atom. The number of rotatable bonds is 8. The number of nitrogens with zero attached hydrogens (tertiary/aromatic N) is 3. The standard InChI is InChI=1S/C29H31N5O3/c1-19-26(23-14-15-33(2)25(35)17-23)32-34(24-10-5-4-6-11-24)28(19)31-29(36)30-27(21-12-13-21)22-9-7-8-20(16-22)18-37-3/h4-11,14-17,21,27H,12-13,18H2,1-3H3,(H2,30,31,36). The second kappa shape index (κ2) is 10.4.